The quantitative estimate of drug-likeness (QED) is 0.771. The van der Waals surface area contributed by atoms with Crippen molar-refractivity contribution >= 4 is 10.0 Å². The maximum atomic E-state index is 12.0. The molecular formula is C10H19N3O2S. The molecule has 0 saturated carbocycles. The maximum absolute atomic E-state index is 12.0. The number of hydrogen-bond donors (Lipinski definition) is 1. The van der Waals surface area contributed by atoms with Gasteiger partial charge in [0.25, 0.3) is 0 Å². The Morgan fingerprint density at radius 2 is 2.25 bits per heavy atom. The summed E-state index contributed by atoms with van der Waals surface area (Å²) in [6.45, 7) is 4.55. The Hall–Kier alpha value is -0.640. The van der Waals surface area contributed by atoms with Crippen LogP contribution < -0.4 is 5.73 Å². The van der Waals surface area contributed by atoms with Crippen molar-refractivity contribution in [1.29, 1.82) is 5.26 Å². The van der Waals surface area contributed by atoms with E-state index >= 15 is 0 Å². The summed E-state index contributed by atoms with van der Waals surface area (Å²) in [5.41, 5.74) is 5.76. The number of nitrogens with zero attached hydrogens (tertiary/aromatic N) is 2. The number of hydrogen-bond acceptors (Lipinski definition) is 4. The van der Waals surface area contributed by atoms with Gasteiger partial charge in [-0.05, 0) is 25.7 Å². The summed E-state index contributed by atoms with van der Waals surface area (Å²) in [5, 5.41) is 7.90. The lowest BCUT2D eigenvalue weighted by molar-refractivity contribution is 0.426. The Bertz CT molecular complexity index is 372. The van der Waals surface area contributed by atoms with E-state index in [1.165, 1.54) is 4.31 Å². The van der Waals surface area contributed by atoms with E-state index in [1.54, 1.807) is 6.92 Å². The minimum Gasteiger partial charge on any atom is -0.328 e. The first-order chi connectivity index (χ1) is 7.43. The van der Waals surface area contributed by atoms with Gasteiger partial charge in [0.05, 0.1) is 6.07 Å². The van der Waals surface area contributed by atoms with Crippen molar-refractivity contribution in [2.75, 3.05) is 13.1 Å². The molecule has 16 heavy (non-hydrogen) atoms. The molecule has 0 aromatic heterocycles. The van der Waals surface area contributed by atoms with E-state index in [0.717, 1.165) is 6.42 Å². The van der Waals surface area contributed by atoms with Crippen LogP contribution in [0.1, 0.15) is 26.7 Å². The van der Waals surface area contributed by atoms with Crippen LogP contribution in [0.2, 0.25) is 0 Å². The second kappa shape index (κ2) is 5.13. The van der Waals surface area contributed by atoms with Crippen molar-refractivity contribution in [2.24, 2.45) is 11.7 Å². The van der Waals surface area contributed by atoms with Crippen molar-refractivity contribution in [1.82, 2.24) is 4.31 Å². The SMILES string of the molecule is CCC(C#N)S(=O)(=O)N1CCC(C(C)N)C1. The number of rotatable bonds is 4. The van der Waals surface area contributed by atoms with Crippen LogP contribution in [-0.2, 0) is 10.0 Å². The summed E-state index contributed by atoms with van der Waals surface area (Å²) < 4.78 is 25.5. The molecule has 1 rings (SSSR count). The molecular weight excluding hydrogens is 226 g/mol. The first kappa shape index (κ1) is 13.4. The van der Waals surface area contributed by atoms with Gasteiger partial charge in [0.15, 0.2) is 5.25 Å². The van der Waals surface area contributed by atoms with Gasteiger partial charge < -0.3 is 5.73 Å². The summed E-state index contributed by atoms with van der Waals surface area (Å²) in [6, 6.07) is 1.85. The highest BCUT2D eigenvalue weighted by molar-refractivity contribution is 7.90. The lowest BCUT2D eigenvalue weighted by Crippen LogP contribution is -2.38. The molecule has 0 aromatic rings. The Balaban J connectivity index is 2.77. The molecule has 0 amide bonds. The molecule has 0 radical (unpaired) electrons. The van der Waals surface area contributed by atoms with Crippen molar-refractivity contribution in [3.8, 4) is 6.07 Å². The van der Waals surface area contributed by atoms with Gasteiger partial charge in [-0.2, -0.15) is 5.26 Å². The molecule has 1 saturated heterocycles. The standard InChI is InChI=1S/C10H19N3O2S/c1-3-10(6-11)16(14,15)13-5-4-9(7-13)8(2)12/h8-10H,3-5,7,12H2,1-2H3. The van der Waals surface area contributed by atoms with Gasteiger partial charge in [-0.1, -0.05) is 6.92 Å². The highest BCUT2D eigenvalue weighted by atomic mass is 32.2. The summed E-state index contributed by atoms with van der Waals surface area (Å²) in [6.07, 6.45) is 1.12. The average Bonchev–Trinajstić information content (AvgIpc) is 2.68. The van der Waals surface area contributed by atoms with Gasteiger partial charge in [0, 0.05) is 19.1 Å². The second-order valence-corrected chi connectivity index (χ2v) is 6.45. The predicted molar refractivity (Wildman–Crippen MR) is 61.9 cm³/mol. The number of nitriles is 1. The molecule has 1 aliphatic heterocycles. The topological polar surface area (TPSA) is 87.2 Å². The molecule has 92 valence electrons. The largest absolute Gasteiger partial charge is 0.328 e. The molecule has 0 bridgehead atoms. The molecule has 0 aromatic carbocycles. The fourth-order valence-electron chi connectivity index (χ4n) is 1.96. The minimum absolute atomic E-state index is 0.00219. The molecule has 6 heteroatoms. The van der Waals surface area contributed by atoms with Crippen LogP contribution >= 0.6 is 0 Å². The monoisotopic (exact) mass is 245 g/mol. The molecule has 1 heterocycles. The van der Waals surface area contributed by atoms with Gasteiger partial charge in [-0.15, -0.1) is 0 Å². The fourth-order valence-corrected chi connectivity index (χ4v) is 3.64. The van der Waals surface area contributed by atoms with Crippen molar-refractivity contribution in [2.45, 2.75) is 38.0 Å². The zero-order valence-electron chi connectivity index (χ0n) is 9.76. The Labute approximate surface area is 97.3 Å². The predicted octanol–water partition coefficient (Wildman–Crippen LogP) is 0.287. The molecule has 1 aliphatic rings. The maximum Gasteiger partial charge on any atom is 0.230 e. The Morgan fingerprint density at radius 3 is 2.62 bits per heavy atom. The van der Waals surface area contributed by atoms with Gasteiger partial charge in [0.2, 0.25) is 10.0 Å². The smallest absolute Gasteiger partial charge is 0.230 e. The Kier molecular flexibility index (Phi) is 4.30. The molecule has 1 fully saturated rings. The van der Waals surface area contributed by atoms with Crippen molar-refractivity contribution in [3.05, 3.63) is 0 Å². The molecule has 5 nitrogen and oxygen atoms in total. The van der Waals surface area contributed by atoms with Gasteiger partial charge in [0.1, 0.15) is 0 Å². The Morgan fingerprint density at radius 1 is 1.62 bits per heavy atom. The fraction of sp³-hybridized carbons (Fsp3) is 0.900. The number of sulfonamides is 1. The van der Waals surface area contributed by atoms with E-state index in [1.807, 2.05) is 13.0 Å². The normalized spacial score (nSPS) is 26.2. The third-order valence-electron chi connectivity index (χ3n) is 3.17. The van der Waals surface area contributed by atoms with Crippen LogP contribution in [0.5, 0.6) is 0 Å². The zero-order chi connectivity index (χ0) is 12.3. The third-order valence-corrected chi connectivity index (χ3v) is 5.37. The first-order valence-electron chi connectivity index (χ1n) is 5.57. The van der Waals surface area contributed by atoms with E-state index in [-0.39, 0.29) is 12.0 Å². The molecule has 3 atom stereocenters. The third kappa shape index (κ3) is 2.54. The number of nitrogens with two attached hydrogens (primary N) is 1. The average molecular weight is 245 g/mol. The van der Waals surface area contributed by atoms with Crippen LogP contribution in [0.25, 0.3) is 0 Å². The highest BCUT2D eigenvalue weighted by Gasteiger charge is 2.37. The van der Waals surface area contributed by atoms with Crippen LogP contribution in [0, 0.1) is 17.2 Å². The van der Waals surface area contributed by atoms with Gasteiger partial charge >= 0.3 is 0 Å². The molecule has 3 unspecified atom stereocenters. The van der Waals surface area contributed by atoms with Crippen LogP contribution in [0.15, 0.2) is 0 Å². The molecule has 0 aliphatic carbocycles. The first-order valence-corrected chi connectivity index (χ1v) is 7.08. The lowest BCUT2D eigenvalue weighted by Gasteiger charge is -2.20. The summed E-state index contributed by atoms with van der Waals surface area (Å²) in [7, 11) is -3.45. The van der Waals surface area contributed by atoms with E-state index in [9.17, 15) is 8.42 Å². The summed E-state index contributed by atoms with van der Waals surface area (Å²) >= 11 is 0. The summed E-state index contributed by atoms with van der Waals surface area (Å²) in [4.78, 5) is 0. The molecule has 2 N–H and O–H groups in total. The second-order valence-electron chi connectivity index (χ2n) is 4.34. The molecule has 0 spiro atoms. The van der Waals surface area contributed by atoms with Crippen LogP contribution in [0.3, 0.4) is 0 Å². The van der Waals surface area contributed by atoms with Crippen LogP contribution in [-0.4, -0.2) is 37.1 Å². The van der Waals surface area contributed by atoms with Gasteiger partial charge in [-0.25, -0.2) is 12.7 Å². The highest BCUT2D eigenvalue weighted by Crippen LogP contribution is 2.24. The lowest BCUT2D eigenvalue weighted by atomic mass is 10.0. The van der Waals surface area contributed by atoms with Crippen molar-refractivity contribution in [3.63, 3.8) is 0 Å². The summed E-state index contributed by atoms with van der Waals surface area (Å²) in [5.74, 6) is 0.214. The zero-order valence-corrected chi connectivity index (χ0v) is 10.6. The van der Waals surface area contributed by atoms with Crippen molar-refractivity contribution < 1.29 is 8.42 Å². The van der Waals surface area contributed by atoms with E-state index < -0.39 is 15.3 Å². The van der Waals surface area contributed by atoms with Gasteiger partial charge in [-0.3, -0.25) is 0 Å². The van der Waals surface area contributed by atoms with Crippen LogP contribution in [0.4, 0.5) is 0 Å². The van der Waals surface area contributed by atoms with E-state index in [4.69, 9.17) is 11.0 Å². The van der Waals surface area contributed by atoms with E-state index in [2.05, 4.69) is 0 Å². The minimum atomic E-state index is -3.45. The van der Waals surface area contributed by atoms with E-state index in [0.29, 0.717) is 19.5 Å².